The molecule has 1 saturated carbocycles. The molecule has 1 fully saturated rings. The summed E-state index contributed by atoms with van der Waals surface area (Å²) in [6, 6.07) is 10.4. The zero-order chi connectivity index (χ0) is 16.4. The highest BCUT2D eigenvalue weighted by Gasteiger charge is 2.34. The average Bonchev–Trinajstić information content (AvgIpc) is 2.99. The molecule has 4 heteroatoms. The Bertz CT molecular complexity index is 691. The van der Waals surface area contributed by atoms with E-state index in [-0.39, 0.29) is 17.5 Å². The summed E-state index contributed by atoms with van der Waals surface area (Å²) in [6.45, 7) is 4.11. The quantitative estimate of drug-likeness (QED) is 0.874. The van der Waals surface area contributed by atoms with E-state index in [4.69, 9.17) is 0 Å². The SMILES string of the molecule is CC1(C)Cc2ccccc2C(NC(=O)NC2CCCC2)=C1C#N. The minimum Gasteiger partial charge on any atom is -0.335 e. The Kier molecular flexibility index (Phi) is 4.12. The van der Waals surface area contributed by atoms with Crippen LogP contribution in [-0.4, -0.2) is 12.1 Å². The van der Waals surface area contributed by atoms with Crippen molar-refractivity contribution in [2.24, 2.45) is 5.41 Å². The molecule has 0 atom stereocenters. The molecule has 0 radical (unpaired) electrons. The molecule has 4 nitrogen and oxygen atoms in total. The second kappa shape index (κ2) is 6.08. The molecule has 0 spiro atoms. The summed E-state index contributed by atoms with van der Waals surface area (Å²) >= 11 is 0. The summed E-state index contributed by atoms with van der Waals surface area (Å²) in [5, 5.41) is 15.6. The van der Waals surface area contributed by atoms with Crippen molar-refractivity contribution in [3.8, 4) is 6.07 Å². The molecule has 0 aliphatic heterocycles. The second-order valence-electron chi connectivity index (χ2n) is 7.16. The molecule has 2 aliphatic carbocycles. The van der Waals surface area contributed by atoms with Crippen LogP contribution in [0.15, 0.2) is 29.8 Å². The first-order valence-corrected chi connectivity index (χ1v) is 8.32. The van der Waals surface area contributed by atoms with E-state index in [9.17, 15) is 10.1 Å². The van der Waals surface area contributed by atoms with Gasteiger partial charge in [0.2, 0.25) is 0 Å². The van der Waals surface area contributed by atoms with Crippen LogP contribution in [0.5, 0.6) is 0 Å². The zero-order valence-corrected chi connectivity index (χ0v) is 13.8. The molecule has 2 amide bonds. The first-order chi connectivity index (χ1) is 11.0. The van der Waals surface area contributed by atoms with E-state index in [2.05, 4.69) is 36.6 Å². The second-order valence-corrected chi connectivity index (χ2v) is 7.16. The largest absolute Gasteiger partial charge is 0.335 e. The molecule has 0 unspecified atom stereocenters. The highest BCUT2D eigenvalue weighted by atomic mass is 16.2. The lowest BCUT2D eigenvalue weighted by Gasteiger charge is -2.33. The number of nitrogens with zero attached hydrogens (tertiary/aromatic N) is 1. The van der Waals surface area contributed by atoms with E-state index in [1.54, 1.807) is 0 Å². The predicted octanol–water partition coefficient (Wildman–Crippen LogP) is 3.75. The molecule has 1 aromatic carbocycles. The number of carbonyl (C=O) groups excluding carboxylic acids is 1. The molecule has 23 heavy (non-hydrogen) atoms. The van der Waals surface area contributed by atoms with Crippen LogP contribution in [0.1, 0.15) is 50.7 Å². The number of rotatable bonds is 2. The number of nitrogens with one attached hydrogen (secondary N) is 2. The molecule has 0 heterocycles. The minimum atomic E-state index is -0.279. The lowest BCUT2D eigenvalue weighted by atomic mass is 9.72. The highest BCUT2D eigenvalue weighted by molar-refractivity contribution is 5.89. The van der Waals surface area contributed by atoms with E-state index in [1.165, 1.54) is 18.4 Å². The van der Waals surface area contributed by atoms with E-state index in [0.717, 1.165) is 24.8 Å². The minimum absolute atomic E-state index is 0.202. The maximum absolute atomic E-state index is 12.4. The number of hydrogen-bond donors (Lipinski definition) is 2. The number of benzene rings is 1. The average molecular weight is 309 g/mol. The Labute approximate surface area is 137 Å². The van der Waals surface area contributed by atoms with E-state index in [0.29, 0.717) is 11.3 Å². The fourth-order valence-corrected chi connectivity index (χ4v) is 3.70. The monoisotopic (exact) mass is 309 g/mol. The van der Waals surface area contributed by atoms with Gasteiger partial charge in [-0.05, 0) is 24.8 Å². The fraction of sp³-hybridized carbons (Fsp3) is 0.474. The van der Waals surface area contributed by atoms with Gasteiger partial charge in [0, 0.05) is 17.0 Å². The number of hydrogen-bond acceptors (Lipinski definition) is 2. The summed E-state index contributed by atoms with van der Waals surface area (Å²) in [4.78, 5) is 12.4. The maximum atomic E-state index is 12.4. The molecule has 0 aromatic heterocycles. The number of carbonyl (C=O) groups is 1. The third kappa shape index (κ3) is 3.10. The Hall–Kier alpha value is -2.28. The van der Waals surface area contributed by atoms with Gasteiger partial charge in [-0.15, -0.1) is 0 Å². The molecule has 1 aromatic rings. The molecular weight excluding hydrogens is 286 g/mol. The third-order valence-electron chi connectivity index (χ3n) is 4.89. The zero-order valence-electron chi connectivity index (χ0n) is 13.8. The van der Waals surface area contributed by atoms with Crippen molar-refractivity contribution in [2.75, 3.05) is 0 Å². The van der Waals surface area contributed by atoms with Crippen LogP contribution in [0.25, 0.3) is 5.70 Å². The van der Waals surface area contributed by atoms with Crippen molar-refractivity contribution in [1.82, 2.24) is 10.6 Å². The van der Waals surface area contributed by atoms with Gasteiger partial charge in [-0.2, -0.15) is 5.26 Å². The van der Waals surface area contributed by atoms with Gasteiger partial charge < -0.3 is 10.6 Å². The van der Waals surface area contributed by atoms with Crippen LogP contribution in [-0.2, 0) is 6.42 Å². The van der Waals surface area contributed by atoms with Gasteiger partial charge in [0.15, 0.2) is 0 Å². The summed E-state index contributed by atoms with van der Waals surface area (Å²) < 4.78 is 0. The molecule has 2 aliphatic rings. The standard InChI is InChI=1S/C19H23N3O/c1-19(2)11-13-7-3-6-10-15(13)17(16(19)12-20)22-18(23)21-14-8-4-5-9-14/h3,6-7,10,14H,4-5,8-9,11H2,1-2H3,(H2,21,22,23). The Morgan fingerprint density at radius 2 is 1.96 bits per heavy atom. The number of nitriles is 1. The van der Waals surface area contributed by atoms with Gasteiger partial charge in [0.1, 0.15) is 0 Å². The number of urea groups is 1. The first-order valence-electron chi connectivity index (χ1n) is 8.32. The van der Waals surface area contributed by atoms with Crippen molar-refractivity contribution in [3.63, 3.8) is 0 Å². The van der Waals surface area contributed by atoms with Crippen molar-refractivity contribution >= 4 is 11.7 Å². The number of allylic oxidation sites excluding steroid dienone is 1. The molecule has 120 valence electrons. The summed E-state index contributed by atoms with van der Waals surface area (Å²) in [5.41, 5.74) is 3.17. The van der Waals surface area contributed by atoms with Gasteiger partial charge in [-0.25, -0.2) is 4.79 Å². The van der Waals surface area contributed by atoms with Gasteiger partial charge in [0.05, 0.1) is 17.3 Å². The van der Waals surface area contributed by atoms with Crippen molar-refractivity contribution in [3.05, 3.63) is 41.0 Å². The third-order valence-corrected chi connectivity index (χ3v) is 4.89. The molecule has 3 rings (SSSR count). The van der Waals surface area contributed by atoms with Gasteiger partial charge in [0.25, 0.3) is 0 Å². The van der Waals surface area contributed by atoms with Crippen molar-refractivity contribution < 1.29 is 4.79 Å². The lowest BCUT2D eigenvalue weighted by Crippen LogP contribution is -2.41. The lowest BCUT2D eigenvalue weighted by molar-refractivity contribution is 0.241. The van der Waals surface area contributed by atoms with E-state index >= 15 is 0 Å². The first kappa shape index (κ1) is 15.6. The maximum Gasteiger partial charge on any atom is 0.319 e. The number of amides is 2. The Balaban J connectivity index is 1.91. The Morgan fingerprint density at radius 1 is 1.26 bits per heavy atom. The van der Waals surface area contributed by atoms with Crippen LogP contribution < -0.4 is 10.6 Å². The number of fused-ring (bicyclic) bond motifs is 1. The normalized spacial score (nSPS) is 19.9. The summed E-state index contributed by atoms with van der Waals surface area (Å²) in [7, 11) is 0. The van der Waals surface area contributed by atoms with Crippen LogP contribution in [0.2, 0.25) is 0 Å². The van der Waals surface area contributed by atoms with Crippen LogP contribution in [0, 0.1) is 16.7 Å². The highest BCUT2D eigenvalue weighted by Crippen LogP contribution is 2.41. The Morgan fingerprint density at radius 3 is 2.65 bits per heavy atom. The smallest absolute Gasteiger partial charge is 0.319 e. The van der Waals surface area contributed by atoms with E-state index < -0.39 is 0 Å². The van der Waals surface area contributed by atoms with Gasteiger partial charge in [-0.3, -0.25) is 0 Å². The summed E-state index contributed by atoms with van der Waals surface area (Å²) in [5.74, 6) is 0. The molecule has 0 saturated heterocycles. The fourth-order valence-electron chi connectivity index (χ4n) is 3.70. The summed E-state index contributed by atoms with van der Waals surface area (Å²) in [6.07, 6.45) is 5.24. The van der Waals surface area contributed by atoms with E-state index in [1.807, 2.05) is 18.2 Å². The van der Waals surface area contributed by atoms with Crippen molar-refractivity contribution in [2.45, 2.75) is 52.0 Å². The predicted molar refractivity (Wildman–Crippen MR) is 90.4 cm³/mol. The van der Waals surface area contributed by atoms with Gasteiger partial charge >= 0.3 is 6.03 Å². The van der Waals surface area contributed by atoms with Gasteiger partial charge in [-0.1, -0.05) is 51.0 Å². The van der Waals surface area contributed by atoms with Crippen LogP contribution in [0.4, 0.5) is 4.79 Å². The van der Waals surface area contributed by atoms with Crippen LogP contribution >= 0.6 is 0 Å². The van der Waals surface area contributed by atoms with Crippen LogP contribution in [0.3, 0.4) is 0 Å². The van der Waals surface area contributed by atoms with Crippen molar-refractivity contribution in [1.29, 1.82) is 5.26 Å². The molecular formula is C19H23N3O. The molecule has 2 N–H and O–H groups in total. The molecule has 0 bridgehead atoms. The topological polar surface area (TPSA) is 64.9 Å².